The van der Waals surface area contributed by atoms with Crippen LogP contribution in [0.2, 0.25) is 5.02 Å². The van der Waals surface area contributed by atoms with E-state index in [9.17, 15) is 9.59 Å². The summed E-state index contributed by atoms with van der Waals surface area (Å²) in [6.45, 7) is 3.04. The SMILES string of the molecule is C#CCOc1ccc(Cl)cc1[C@@H](c1c[nH]c2ccccc12)C1C(=O)OC(C)(C)OC1=O. The van der Waals surface area contributed by atoms with E-state index in [0.29, 0.717) is 21.9 Å². The molecule has 0 saturated carbocycles. The van der Waals surface area contributed by atoms with Gasteiger partial charge in [0.25, 0.3) is 5.79 Å². The molecule has 2 aromatic carbocycles. The highest BCUT2D eigenvalue weighted by Gasteiger charge is 2.49. The number of aromatic amines is 1. The molecule has 31 heavy (non-hydrogen) atoms. The molecular weight excluding hydrogens is 418 g/mol. The zero-order valence-electron chi connectivity index (χ0n) is 17.0. The Bertz CT molecular complexity index is 1190. The van der Waals surface area contributed by atoms with E-state index in [1.807, 2.05) is 24.3 Å². The number of fused-ring (bicyclic) bond motifs is 1. The van der Waals surface area contributed by atoms with E-state index >= 15 is 0 Å². The average molecular weight is 438 g/mol. The topological polar surface area (TPSA) is 77.6 Å². The molecule has 0 unspecified atom stereocenters. The second-order valence-corrected chi connectivity index (χ2v) is 8.10. The second-order valence-electron chi connectivity index (χ2n) is 7.66. The fourth-order valence-electron chi connectivity index (χ4n) is 3.89. The lowest BCUT2D eigenvalue weighted by Crippen LogP contribution is -2.48. The third-order valence-corrected chi connectivity index (χ3v) is 5.34. The zero-order valence-corrected chi connectivity index (χ0v) is 17.7. The van der Waals surface area contributed by atoms with Crippen LogP contribution in [0.15, 0.2) is 48.7 Å². The summed E-state index contributed by atoms with van der Waals surface area (Å²) in [4.78, 5) is 29.3. The molecule has 6 nitrogen and oxygen atoms in total. The van der Waals surface area contributed by atoms with Crippen molar-refractivity contribution in [3.8, 4) is 18.1 Å². The molecular formula is C24H20ClNO5. The first kappa shape index (κ1) is 20.8. The van der Waals surface area contributed by atoms with Gasteiger partial charge in [-0.1, -0.05) is 35.7 Å². The van der Waals surface area contributed by atoms with E-state index in [0.717, 1.165) is 10.9 Å². The first-order valence-corrected chi connectivity index (χ1v) is 10.1. The van der Waals surface area contributed by atoms with E-state index in [1.54, 1.807) is 24.4 Å². The lowest BCUT2D eigenvalue weighted by atomic mass is 9.79. The van der Waals surface area contributed by atoms with Crippen molar-refractivity contribution < 1.29 is 23.8 Å². The molecule has 0 amide bonds. The molecule has 1 aliphatic heterocycles. The number of hydrogen-bond donors (Lipinski definition) is 1. The van der Waals surface area contributed by atoms with Crippen LogP contribution in [0.1, 0.15) is 30.9 Å². The molecule has 0 aliphatic carbocycles. The molecule has 1 N–H and O–H groups in total. The zero-order chi connectivity index (χ0) is 22.2. The lowest BCUT2D eigenvalue weighted by Gasteiger charge is -2.36. The number of carbonyl (C=O) groups is 2. The van der Waals surface area contributed by atoms with Crippen LogP contribution in [0, 0.1) is 18.3 Å². The van der Waals surface area contributed by atoms with E-state index in [-0.39, 0.29) is 6.61 Å². The summed E-state index contributed by atoms with van der Waals surface area (Å²) in [5, 5.41) is 1.27. The normalized spacial score (nSPS) is 17.0. The number of hydrogen-bond acceptors (Lipinski definition) is 5. The molecule has 1 atom stereocenters. The first-order valence-electron chi connectivity index (χ1n) is 9.68. The maximum absolute atomic E-state index is 13.0. The largest absolute Gasteiger partial charge is 0.481 e. The Labute approximate surface area is 184 Å². The number of rotatable bonds is 5. The Morgan fingerprint density at radius 3 is 2.58 bits per heavy atom. The third kappa shape index (κ3) is 3.97. The molecule has 1 aromatic heterocycles. The van der Waals surface area contributed by atoms with Crippen molar-refractivity contribution in [2.24, 2.45) is 5.92 Å². The van der Waals surface area contributed by atoms with E-state index in [1.165, 1.54) is 13.8 Å². The molecule has 1 saturated heterocycles. The molecule has 0 radical (unpaired) electrons. The van der Waals surface area contributed by atoms with Gasteiger partial charge in [-0.25, -0.2) is 0 Å². The van der Waals surface area contributed by atoms with Gasteiger partial charge in [-0.2, -0.15) is 0 Å². The number of terminal acetylenes is 1. The number of H-pyrrole nitrogens is 1. The number of esters is 2. The van der Waals surface area contributed by atoms with E-state index < -0.39 is 29.6 Å². The highest BCUT2D eigenvalue weighted by molar-refractivity contribution is 6.30. The molecule has 1 aliphatic rings. The lowest BCUT2D eigenvalue weighted by molar-refractivity contribution is -0.240. The molecule has 2 heterocycles. The van der Waals surface area contributed by atoms with Crippen LogP contribution < -0.4 is 4.74 Å². The van der Waals surface area contributed by atoms with Gasteiger partial charge in [0, 0.05) is 47.5 Å². The van der Waals surface area contributed by atoms with Gasteiger partial charge >= 0.3 is 11.9 Å². The van der Waals surface area contributed by atoms with Crippen molar-refractivity contribution >= 4 is 34.4 Å². The minimum atomic E-state index is -1.34. The maximum Gasteiger partial charge on any atom is 0.324 e. The van der Waals surface area contributed by atoms with Crippen molar-refractivity contribution in [2.45, 2.75) is 25.6 Å². The summed E-state index contributed by atoms with van der Waals surface area (Å²) in [6.07, 6.45) is 7.13. The molecule has 7 heteroatoms. The molecule has 1 fully saturated rings. The van der Waals surface area contributed by atoms with Crippen molar-refractivity contribution in [2.75, 3.05) is 6.61 Å². The van der Waals surface area contributed by atoms with Gasteiger partial charge in [0.15, 0.2) is 5.92 Å². The minimum absolute atomic E-state index is 0.0157. The summed E-state index contributed by atoms with van der Waals surface area (Å²) in [7, 11) is 0. The summed E-state index contributed by atoms with van der Waals surface area (Å²) in [5.74, 6) is -1.89. The number of halogens is 1. The molecule has 3 aromatic rings. The minimum Gasteiger partial charge on any atom is -0.481 e. The van der Waals surface area contributed by atoms with Crippen LogP contribution in [-0.2, 0) is 19.1 Å². The summed E-state index contributed by atoms with van der Waals surface area (Å²) in [6, 6.07) is 12.6. The van der Waals surface area contributed by atoms with Gasteiger partial charge in [-0.15, -0.1) is 6.42 Å². The van der Waals surface area contributed by atoms with Gasteiger partial charge < -0.3 is 19.2 Å². The van der Waals surface area contributed by atoms with E-state index in [4.69, 9.17) is 32.2 Å². The molecule has 158 valence electrons. The number of nitrogens with one attached hydrogen (secondary N) is 1. The Morgan fingerprint density at radius 2 is 1.87 bits per heavy atom. The first-order chi connectivity index (χ1) is 14.8. The van der Waals surface area contributed by atoms with Crippen LogP contribution in [0.3, 0.4) is 0 Å². The summed E-state index contributed by atoms with van der Waals surface area (Å²) in [5.41, 5.74) is 2.10. The number of carbonyl (C=O) groups excluding carboxylic acids is 2. The predicted octanol–water partition coefficient (Wildman–Crippen LogP) is 4.42. The van der Waals surface area contributed by atoms with Gasteiger partial charge in [0.05, 0.1) is 0 Å². The number of para-hydroxylation sites is 1. The highest BCUT2D eigenvalue weighted by Crippen LogP contribution is 2.44. The maximum atomic E-state index is 13.0. The number of aromatic nitrogens is 1. The standard InChI is InChI=1S/C24H20ClNO5/c1-4-11-29-19-10-9-14(25)12-16(19)20(17-13-26-18-8-6-5-7-15(17)18)21-22(27)30-24(2,3)31-23(21)28/h1,5-10,12-13,20-21,26H,11H2,2-3H3/t20-/m0/s1. The van der Waals surface area contributed by atoms with Crippen LogP contribution in [0.4, 0.5) is 0 Å². The smallest absolute Gasteiger partial charge is 0.324 e. The van der Waals surface area contributed by atoms with Crippen molar-refractivity contribution in [1.29, 1.82) is 0 Å². The Morgan fingerprint density at radius 1 is 1.16 bits per heavy atom. The Hall–Kier alpha value is -3.43. The average Bonchev–Trinajstić information content (AvgIpc) is 3.13. The van der Waals surface area contributed by atoms with Crippen molar-refractivity contribution in [1.82, 2.24) is 4.98 Å². The summed E-state index contributed by atoms with van der Waals surface area (Å²) >= 11 is 6.30. The van der Waals surface area contributed by atoms with Crippen LogP contribution in [0.25, 0.3) is 10.9 Å². The monoisotopic (exact) mass is 437 g/mol. The molecule has 0 spiro atoms. The number of benzene rings is 2. The van der Waals surface area contributed by atoms with Crippen LogP contribution in [0.5, 0.6) is 5.75 Å². The molecule has 0 bridgehead atoms. The summed E-state index contributed by atoms with van der Waals surface area (Å²) < 4.78 is 16.6. The third-order valence-electron chi connectivity index (χ3n) is 5.11. The van der Waals surface area contributed by atoms with E-state index in [2.05, 4.69) is 10.9 Å². The number of cyclic esters (lactones) is 2. The molecule has 4 rings (SSSR count). The quantitative estimate of drug-likeness (QED) is 0.363. The van der Waals surface area contributed by atoms with Crippen LogP contribution in [-0.4, -0.2) is 29.3 Å². The number of ether oxygens (including phenoxy) is 3. The van der Waals surface area contributed by atoms with Gasteiger partial charge in [0.2, 0.25) is 0 Å². The van der Waals surface area contributed by atoms with Gasteiger partial charge in [0.1, 0.15) is 12.4 Å². The fourth-order valence-corrected chi connectivity index (χ4v) is 4.07. The second kappa shape index (κ2) is 8.01. The fraction of sp³-hybridized carbons (Fsp3) is 0.250. The Kier molecular flexibility index (Phi) is 5.38. The highest BCUT2D eigenvalue weighted by atomic mass is 35.5. The Balaban J connectivity index is 1.93. The van der Waals surface area contributed by atoms with Gasteiger partial charge in [-0.05, 0) is 29.8 Å². The van der Waals surface area contributed by atoms with Crippen molar-refractivity contribution in [3.63, 3.8) is 0 Å². The predicted molar refractivity (Wildman–Crippen MR) is 116 cm³/mol. The van der Waals surface area contributed by atoms with Crippen LogP contribution >= 0.6 is 11.6 Å². The van der Waals surface area contributed by atoms with Gasteiger partial charge in [-0.3, -0.25) is 9.59 Å². The van der Waals surface area contributed by atoms with Crippen molar-refractivity contribution in [3.05, 3.63) is 64.8 Å².